The monoisotopic (exact) mass is 244 g/mol. The minimum absolute atomic E-state index is 0.300. The molecule has 0 bridgehead atoms. The van der Waals surface area contributed by atoms with Crippen LogP contribution >= 0.6 is 0 Å². The molecule has 1 unspecified atom stereocenters. The molecule has 2 heteroatoms. The first-order chi connectivity index (χ1) is 8.55. The lowest BCUT2D eigenvalue weighted by Crippen LogP contribution is -2.24. The van der Waals surface area contributed by atoms with Crippen LogP contribution < -0.4 is 0 Å². The van der Waals surface area contributed by atoms with Crippen LogP contribution in [0.15, 0.2) is 48.5 Å². The molecular formula is C16H17FO. The second kappa shape index (κ2) is 4.91. The van der Waals surface area contributed by atoms with Crippen LogP contribution in [0.25, 0.3) is 0 Å². The number of aryl methyl sites for hydroxylation is 1. The van der Waals surface area contributed by atoms with E-state index in [1.54, 1.807) is 25.1 Å². The predicted octanol–water partition coefficient (Wildman–Crippen LogP) is 3.64. The van der Waals surface area contributed by atoms with Gasteiger partial charge in [0.2, 0.25) is 0 Å². The summed E-state index contributed by atoms with van der Waals surface area (Å²) in [6, 6.07) is 14.0. The van der Waals surface area contributed by atoms with Gasteiger partial charge in [-0.25, -0.2) is 4.39 Å². The topological polar surface area (TPSA) is 20.2 Å². The van der Waals surface area contributed by atoms with Crippen molar-refractivity contribution in [2.75, 3.05) is 0 Å². The molecule has 0 aromatic heterocycles. The van der Waals surface area contributed by atoms with Crippen LogP contribution in [0.2, 0.25) is 0 Å². The predicted molar refractivity (Wildman–Crippen MR) is 70.9 cm³/mol. The maximum Gasteiger partial charge on any atom is 0.129 e. The average Bonchev–Trinajstić information content (AvgIpc) is 2.39. The molecule has 2 aromatic carbocycles. The third kappa shape index (κ3) is 2.29. The van der Waals surface area contributed by atoms with Gasteiger partial charge in [-0.2, -0.15) is 0 Å². The Kier molecular flexibility index (Phi) is 3.48. The zero-order valence-corrected chi connectivity index (χ0v) is 10.7. The van der Waals surface area contributed by atoms with E-state index in [2.05, 4.69) is 6.92 Å². The summed E-state index contributed by atoms with van der Waals surface area (Å²) < 4.78 is 13.8. The van der Waals surface area contributed by atoms with E-state index in [0.29, 0.717) is 11.1 Å². The number of benzene rings is 2. The fraction of sp³-hybridized carbons (Fsp3) is 0.250. The van der Waals surface area contributed by atoms with E-state index in [4.69, 9.17) is 0 Å². The van der Waals surface area contributed by atoms with Crippen molar-refractivity contribution < 1.29 is 9.50 Å². The van der Waals surface area contributed by atoms with Crippen LogP contribution in [0, 0.1) is 5.82 Å². The first-order valence-electron chi connectivity index (χ1n) is 6.12. The van der Waals surface area contributed by atoms with Crippen molar-refractivity contribution in [1.29, 1.82) is 0 Å². The van der Waals surface area contributed by atoms with Crippen LogP contribution in [0.1, 0.15) is 30.5 Å². The van der Waals surface area contributed by atoms with Crippen LogP contribution in [0.4, 0.5) is 4.39 Å². The van der Waals surface area contributed by atoms with E-state index in [1.807, 2.05) is 24.3 Å². The van der Waals surface area contributed by atoms with Crippen molar-refractivity contribution in [2.24, 2.45) is 0 Å². The summed E-state index contributed by atoms with van der Waals surface area (Å²) in [7, 11) is 0. The molecule has 0 aliphatic carbocycles. The normalized spacial score (nSPS) is 14.2. The van der Waals surface area contributed by atoms with Gasteiger partial charge in [-0.1, -0.05) is 49.4 Å². The van der Waals surface area contributed by atoms with Gasteiger partial charge in [0, 0.05) is 5.56 Å². The molecule has 94 valence electrons. The van der Waals surface area contributed by atoms with E-state index in [0.717, 1.165) is 6.42 Å². The lowest BCUT2D eigenvalue weighted by molar-refractivity contribution is 0.0979. The fourth-order valence-corrected chi connectivity index (χ4v) is 2.08. The first kappa shape index (κ1) is 12.8. The summed E-state index contributed by atoms with van der Waals surface area (Å²) in [5.74, 6) is -0.387. The standard InChI is InChI=1S/C16H17FO/c1-3-12-8-10-13(11-9-12)16(2,18)14-6-4-5-7-15(14)17/h4-11,18H,3H2,1-2H3. The molecule has 1 nitrogen and oxygen atoms in total. The quantitative estimate of drug-likeness (QED) is 0.874. The Morgan fingerprint density at radius 1 is 1.06 bits per heavy atom. The molecule has 1 atom stereocenters. The Balaban J connectivity index is 2.44. The van der Waals surface area contributed by atoms with E-state index >= 15 is 0 Å². The van der Waals surface area contributed by atoms with Gasteiger partial charge in [0.05, 0.1) is 0 Å². The molecule has 0 radical (unpaired) electrons. The Bertz CT molecular complexity index is 529. The highest BCUT2D eigenvalue weighted by Crippen LogP contribution is 2.30. The van der Waals surface area contributed by atoms with E-state index in [9.17, 15) is 9.50 Å². The second-order valence-electron chi connectivity index (χ2n) is 4.60. The van der Waals surface area contributed by atoms with Gasteiger partial charge in [0.15, 0.2) is 0 Å². The van der Waals surface area contributed by atoms with E-state index < -0.39 is 5.60 Å². The van der Waals surface area contributed by atoms with Crippen LogP contribution in [0.3, 0.4) is 0 Å². The molecule has 2 rings (SSSR count). The fourth-order valence-electron chi connectivity index (χ4n) is 2.08. The number of halogens is 1. The van der Waals surface area contributed by atoms with Gasteiger partial charge in [0.25, 0.3) is 0 Å². The van der Waals surface area contributed by atoms with Gasteiger partial charge < -0.3 is 5.11 Å². The summed E-state index contributed by atoms with van der Waals surface area (Å²) >= 11 is 0. The Morgan fingerprint density at radius 2 is 1.67 bits per heavy atom. The van der Waals surface area contributed by atoms with Crippen LogP contribution in [-0.4, -0.2) is 5.11 Å². The molecular weight excluding hydrogens is 227 g/mol. The number of aliphatic hydroxyl groups is 1. The summed E-state index contributed by atoms with van der Waals surface area (Å²) in [4.78, 5) is 0. The van der Waals surface area contributed by atoms with Crippen molar-refractivity contribution in [3.8, 4) is 0 Å². The van der Waals surface area contributed by atoms with Crippen molar-refractivity contribution in [3.63, 3.8) is 0 Å². The summed E-state index contributed by atoms with van der Waals surface area (Å²) in [6.07, 6.45) is 0.947. The zero-order valence-electron chi connectivity index (χ0n) is 10.7. The summed E-state index contributed by atoms with van der Waals surface area (Å²) in [5.41, 5.74) is 0.888. The summed E-state index contributed by atoms with van der Waals surface area (Å²) in [6.45, 7) is 3.69. The van der Waals surface area contributed by atoms with Crippen molar-refractivity contribution >= 4 is 0 Å². The lowest BCUT2D eigenvalue weighted by atomic mass is 9.87. The SMILES string of the molecule is CCc1ccc(C(C)(O)c2ccccc2F)cc1. The van der Waals surface area contributed by atoms with Gasteiger partial charge in [0.1, 0.15) is 11.4 Å². The summed E-state index contributed by atoms with van der Waals surface area (Å²) in [5, 5.41) is 10.6. The number of hydrogen-bond acceptors (Lipinski definition) is 1. The van der Waals surface area contributed by atoms with Gasteiger partial charge in [-0.3, -0.25) is 0 Å². The Hall–Kier alpha value is -1.67. The minimum Gasteiger partial charge on any atom is -0.381 e. The maximum atomic E-state index is 13.8. The smallest absolute Gasteiger partial charge is 0.129 e. The molecule has 0 heterocycles. The van der Waals surface area contributed by atoms with Gasteiger partial charge >= 0.3 is 0 Å². The second-order valence-corrected chi connectivity index (χ2v) is 4.60. The van der Waals surface area contributed by atoms with Crippen molar-refractivity contribution in [3.05, 3.63) is 71.0 Å². The molecule has 0 saturated carbocycles. The molecule has 0 saturated heterocycles. The molecule has 0 aliphatic heterocycles. The van der Waals surface area contributed by atoms with Gasteiger partial charge in [-0.05, 0) is 30.5 Å². The molecule has 1 N–H and O–H groups in total. The highest BCUT2D eigenvalue weighted by atomic mass is 19.1. The highest BCUT2D eigenvalue weighted by Gasteiger charge is 2.28. The number of rotatable bonds is 3. The molecule has 0 spiro atoms. The molecule has 18 heavy (non-hydrogen) atoms. The van der Waals surface area contributed by atoms with E-state index in [1.165, 1.54) is 11.6 Å². The van der Waals surface area contributed by atoms with E-state index in [-0.39, 0.29) is 5.82 Å². The lowest BCUT2D eigenvalue weighted by Gasteiger charge is -2.25. The molecule has 2 aromatic rings. The molecule has 0 amide bonds. The first-order valence-corrected chi connectivity index (χ1v) is 6.12. The third-order valence-corrected chi connectivity index (χ3v) is 3.32. The van der Waals surface area contributed by atoms with Gasteiger partial charge in [-0.15, -0.1) is 0 Å². The van der Waals surface area contributed by atoms with Crippen LogP contribution in [0.5, 0.6) is 0 Å². The molecule has 0 fully saturated rings. The molecule has 0 aliphatic rings. The van der Waals surface area contributed by atoms with Crippen LogP contribution in [-0.2, 0) is 12.0 Å². The highest BCUT2D eigenvalue weighted by molar-refractivity contribution is 5.37. The van der Waals surface area contributed by atoms with Crippen molar-refractivity contribution in [2.45, 2.75) is 25.9 Å². The number of hydrogen-bond donors (Lipinski definition) is 1. The minimum atomic E-state index is -1.31. The maximum absolute atomic E-state index is 13.8. The third-order valence-electron chi connectivity index (χ3n) is 3.32. The van der Waals surface area contributed by atoms with Crippen molar-refractivity contribution in [1.82, 2.24) is 0 Å². The average molecular weight is 244 g/mol. The Labute approximate surface area is 107 Å². The largest absolute Gasteiger partial charge is 0.381 e. The zero-order chi connectivity index (χ0) is 13.2. The Morgan fingerprint density at radius 3 is 2.22 bits per heavy atom.